The Morgan fingerprint density at radius 2 is 2.00 bits per heavy atom. The maximum Gasteiger partial charge on any atom is 0.0767 e. The molecule has 2 unspecified atom stereocenters. The minimum Gasteiger partial charge on any atom is -0.323 e. The molecule has 2 nitrogen and oxygen atoms in total. The summed E-state index contributed by atoms with van der Waals surface area (Å²) in [6.45, 7) is 2.01. The van der Waals surface area contributed by atoms with Gasteiger partial charge in [-0.05, 0) is 18.9 Å². The average Bonchev–Trinajstić information content (AvgIpc) is 2.49. The number of hydrogen-bond acceptors (Lipinski definition) is 2. The SMILES string of the molecule is CC1=NC(c2ccccc2)CC1N. The fourth-order valence-corrected chi connectivity index (χ4v) is 1.69. The molecular weight excluding hydrogens is 160 g/mol. The fraction of sp³-hybridized carbons (Fsp3) is 0.364. The summed E-state index contributed by atoms with van der Waals surface area (Å²) < 4.78 is 0. The van der Waals surface area contributed by atoms with E-state index >= 15 is 0 Å². The van der Waals surface area contributed by atoms with Crippen molar-refractivity contribution in [2.75, 3.05) is 0 Å². The molecule has 13 heavy (non-hydrogen) atoms. The molecule has 1 heterocycles. The van der Waals surface area contributed by atoms with Gasteiger partial charge in [0.15, 0.2) is 0 Å². The molecule has 0 saturated carbocycles. The summed E-state index contributed by atoms with van der Waals surface area (Å²) in [5, 5.41) is 0. The van der Waals surface area contributed by atoms with Crippen molar-refractivity contribution in [3.63, 3.8) is 0 Å². The van der Waals surface area contributed by atoms with Gasteiger partial charge in [0.05, 0.1) is 6.04 Å². The lowest BCUT2D eigenvalue weighted by molar-refractivity contribution is 0.672. The van der Waals surface area contributed by atoms with Gasteiger partial charge in [0.2, 0.25) is 0 Å². The fourth-order valence-electron chi connectivity index (χ4n) is 1.69. The van der Waals surface area contributed by atoms with Crippen LogP contribution < -0.4 is 5.73 Å². The van der Waals surface area contributed by atoms with Crippen LogP contribution in [0.4, 0.5) is 0 Å². The van der Waals surface area contributed by atoms with Gasteiger partial charge >= 0.3 is 0 Å². The molecule has 0 aromatic heterocycles. The number of aliphatic imine (C=N–C) groups is 1. The molecule has 1 aromatic carbocycles. The number of rotatable bonds is 1. The van der Waals surface area contributed by atoms with E-state index < -0.39 is 0 Å². The number of nitrogens with two attached hydrogens (primary N) is 1. The zero-order valence-corrected chi connectivity index (χ0v) is 7.77. The van der Waals surface area contributed by atoms with Gasteiger partial charge in [-0.1, -0.05) is 30.3 Å². The minimum atomic E-state index is 0.158. The number of benzene rings is 1. The second-order valence-electron chi connectivity index (χ2n) is 3.54. The first kappa shape index (κ1) is 8.45. The second kappa shape index (κ2) is 3.30. The van der Waals surface area contributed by atoms with Crippen molar-refractivity contribution < 1.29 is 0 Å². The Kier molecular flexibility index (Phi) is 2.15. The van der Waals surface area contributed by atoms with Crippen LogP contribution >= 0.6 is 0 Å². The number of nitrogens with zero attached hydrogens (tertiary/aromatic N) is 1. The van der Waals surface area contributed by atoms with E-state index in [4.69, 9.17) is 5.73 Å². The predicted octanol–water partition coefficient (Wildman–Crippen LogP) is 1.92. The summed E-state index contributed by atoms with van der Waals surface area (Å²) in [6, 6.07) is 10.8. The minimum absolute atomic E-state index is 0.158. The van der Waals surface area contributed by atoms with Crippen LogP contribution in [0.2, 0.25) is 0 Å². The van der Waals surface area contributed by atoms with Crippen molar-refractivity contribution in [2.24, 2.45) is 10.7 Å². The van der Waals surface area contributed by atoms with E-state index in [0.717, 1.165) is 12.1 Å². The topological polar surface area (TPSA) is 38.4 Å². The quantitative estimate of drug-likeness (QED) is 0.694. The summed E-state index contributed by atoms with van der Waals surface area (Å²) in [5.74, 6) is 0. The van der Waals surface area contributed by atoms with Crippen LogP contribution in [-0.4, -0.2) is 11.8 Å². The molecule has 2 N–H and O–H groups in total. The van der Waals surface area contributed by atoms with E-state index in [1.807, 2.05) is 25.1 Å². The van der Waals surface area contributed by atoms with E-state index in [9.17, 15) is 0 Å². The Hall–Kier alpha value is -1.15. The zero-order chi connectivity index (χ0) is 9.26. The molecule has 0 saturated heterocycles. The molecule has 2 atom stereocenters. The Morgan fingerprint density at radius 1 is 1.31 bits per heavy atom. The molecule has 68 valence electrons. The lowest BCUT2D eigenvalue weighted by Crippen LogP contribution is -2.24. The van der Waals surface area contributed by atoms with E-state index in [1.165, 1.54) is 5.56 Å². The van der Waals surface area contributed by atoms with Gasteiger partial charge in [0.25, 0.3) is 0 Å². The van der Waals surface area contributed by atoms with Gasteiger partial charge in [-0.2, -0.15) is 0 Å². The maximum atomic E-state index is 5.88. The molecule has 1 aliphatic heterocycles. The first-order chi connectivity index (χ1) is 6.27. The van der Waals surface area contributed by atoms with Crippen LogP contribution in [0.1, 0.15) is 24.9 Å². The predicted molar refractivity (Wildman–Crippen MR) is 54.9 cm³/mol. The highest BCUT2D eigenvalue weighted by molar-refractivity contribution is 5.89. The number of hydrogen-bond donors (Lipinski definition) is 1. The molecule has 0 spiro atoms. The standard InChI is InChI=1S/C11H14N2/c1-8-10(12)7-11(13-8)9-5-3-2-4-6-9/h2-6,10-11H,7,12H2,1H3. The summed E-state index contributed by atoms with van der Waals surface area (Å²) in [5.41, 5.74) is 8.23. The van der Waals surface area contributed by atoms with Gasteiger partial charge in [-0.25, -0.2) is 0 Å². The van der Waals surface area contributed by atoms with Gasteiger partial charge < -0.3 is 5.73 Å². The van der Waals surface area contributed by atoms with Gasteiger partial charge in [0, 0.05) is 11.8 Å². The zero-order valence-electron chi connectivity index (χ0n) is 7.77. The second-order valence-corrected chi connectivity index (χ2v) is 3.54. The largest absolute Gasteiger partial charge is 0.323 e. The van der Waals surface area contributed by atoms with Crippen molar-refractivity contribution in [3.05, 3.63) is 35.9 Å². The van der Waals surface area contributed by atoms with Crippen molar-refractivity contribution >= 4 is 5.71 Å². The van der Waals surface area contributed by atoms with Crippen LogP contribution in [0.5, 0.6) is 0 Å². The van der Waals surface area contributed by atoms with Gasteiger partial charge in [-0.3, -0.25) is 4.99 Å². The third-order valence-electron chi connectivity index (χ3n) is 2.56. The van der Waals surface area contributed by atoms with E-state index in [-0.39, 0.29) is 12.1 Å². The van der Waals surface area contributed by atoms with Crippen molar-refractivity contribution in [1.29, 1.82) is 0 Å². The first-order valence-electron chi connectivity index (χ1n) is 4.62. The maximum absolute atomic E-state index is 5.88. The molecular formula is C11H14N2. The highest BCUT2D eigenvalue weighted by atomic mass is 14.9. The van der Waals surface area contributed by atoms with Crippen molar-refractivity contribution in [3.8, 4) is 0 Å². The average molecular weight is 174 g/mol. The van der Waals surface area contributed by atoms with Crippen molar-refractivity contribution in [1.82, 2.24) is 0 Å². The Bertz CT molecular complexity index is 316. The highest BCUT2D eigenvalue weighted by Crippen LogP contribution is 2.27. The summed E-state index contributed by atoms with van der Waals surface area (Å²) >= 11 is 0. The lowest BCUT2D eigenvalue weighted by Gasteiger charge is -2.07. The van der Waals surface area contributed by atoms with E-state index in [0.29, 0.717) is 0 Å². The highest BCUT2D eigenvalue weighted by Gasteiger charge is 2.22. The molecule has 0 fully saturated rings. The lowest BCUT2D eigenvalue weighted by atomic mass is 10.0. The van der Waals surface area contributed by atoms with Crippen LogP contribution in [0.15, 0.2) is 35.3 Å². The van der Waals surface area contributed by atoms with E-state index in [1.54, 1.807) is 0 Å². The van der Waals surface area contributed by atoms with Crippen LogP contribution in [0.3, 0.4) is 0 Å². The van der Waals surface area contributed by atoms with Crippen LogP contribution in [-0.2, 0) is 0 Å². The van der Waals surface area contributed by atoms with Gasteiger partial charge in [-0.15, -0.1) is 0 Å². The molecule has 0 aliphatic carbocycles. The third kappa shape index (κ3) is 1.63. The molecule has 1 aliphatic rings. The smallest absolute Gasteiger partial charge is 0.0767 e. The monoisotopic (exact) mass is 174 g/mol. The normalized spacial score (nSPS) is 27.4. The first-order valence-corrected chi connectivity index (χ1v) is 4.62. The third-order valence-corrected chi connectivity index (χ3v) is 2.56. The molecule has 0 bridgehead atoms. The molecule has 0 amide bonds. The Morgan fingerprint density at radius 3 is 2.54 bits per heavy atom. The summed E-state index contributed by atoms with van der Waals surface area (Å²) in [7, 11) is 0. The molecule has 1 aromatic rings. The van der Waals surface area contributed by atoms with Crippen molar-refractivity contribution in [2.45, 2.75) is 25.4 Å². The molecule has 2 heteroatoms. The van der Waals surface area contributed by atoms with Crippen LogP contribution in [0.25, 0.3) is 0 Å². The molecule has 0 radical (unpaired) electrons. The molecule has 2 rings (SSSR count). The summed E-state index contributed by atoms with van der Waals surface area (Å²) in [4.78, 5) is 4.53. The Balaban J connectivity index is 2.22. The Labute approximate surface area is 78.5 Å². The summed E-state index contributed by atoms with van der Waals surface area (Å²) in [6.07, 6.45) is 0.954. The van der Waals surface area contributed by atoms with Gasteiger partial charge in [0.1, 0.15) is 0 Å². The van der Waals surface area contributed by atoms with Crippen LogP contribution in [0, 0.1) is 0 Å². The van der Waals surface area contributed by atoms with E-state index in [2.05, 4.69) is 17.1 Å².